The highest BCUT2D eigenvalue weighted by Crippen LogP contribution is 2.23. The smallest absolute Gasteiger partial charge is 0.249 e. The first kappa shape index (κ1) is 55.9. The van der Waals surface area contributed by atoms with E-state index in [1.54, 1.807) is 6.08 Å². The zero-order valence-corrected chi connectivity index (χ0v) is 37.7. The zero-order valence-electron chi connectivity index (χ0n) is 37.7. The van der Waals surface area contributed by atoms with Crippen molar-refractivity contribution in [2.45, 2.75) is 274 Å². The summed E-state index contributed by atoms with van der Waals surface area (Å²) < 4.78 is 11.1. The molecule has 9 atom stereocenters. The van der Waals surface area contributed by atoms with Gasteiger partial charge in [-0.2, -0.15) is 0 Å². The Morgan fingerprint density at radius 3 is 1.46 bits per heavy atom. The SMILES string of the molecule is CCCCCCCCCCCCCCCCCCC/C=C\CC(O)C(=O)NC(CO[C@@H]1O[C@H](CO)[C@@H](O)[C@H](O)[C@H]1O)C(O)C(O)CCCCCCCCCCCCCC. The van der Waals surface area contributed by atoms with Gasteiger partial charge in [0.1, 0.15) is 36.6 Å². The summed E-state index contributed by atoms with van der Waals surface area (Å²) in [4.78, 5) is 13.1. The van der Waals surface area contributed by atoms with E-state index in [2.05, 4.69) is 19.2 Å². The molecule has 0 saturated carbocycles. The second kappa shape index (κ2) is 38.5. The maximum absolute atomic E-state index is 13.1. The van der Waals surface area contributed by atoms with E-state index in [0.29, 0.717) is 12.8 Å². The van der Waals surface area contributed by atoms with Gasteiger partial charge in [-0.1, -0.05) is 206 Å². The molecule has 59 heavy (non-hydrogen) atoms. The number of carbonyl (C=O) groups excluding carboxylic acids is 1. The van der Waals surface area contributed by atoms with Crippen LogP contribution in [0.4, 0.5) is 0 Å². The Morgan fingerprint density at radius 2 is 1.02 bits per heavy atom. The Labute approximate surface area is 360 Å². The molecule has 1 saturated heterocycles. The van der Waals surface area contributed by atoms with Gasteiger partial charge in [0.05, 0.1) is 25.4 Å². The van der Waals surface area contributed by atoms with Crippen molar-refractivity contribution >= 4 is 5.91 Å². The Morgan fingerprint density at radius 1 is 0.593 bits per heavy atom. The first-order chi connectivity index (χ1) is 28.7. The van der Waals surface area contributed by atoms with Gasteiger partial charge < -0.3 is 50.5 Å². The Kier molecular flexibility index (Phi) is 36.5. The first-order valence-corrected chi connectivity index (χ1v) is 24.6. The van der Waals surface area contributed by atoms with Crippen molar-refractivity contribution in [3.05, 3.63) is 12.2 Å². The maximum atomic E-state index is 13.1. The summed E-state index contributed by atoms with van der Waals surface area (Å²) in [5.41, 5.74) is 0. The van der Waals surface area contributed by atoms with E-state index < -0.39 is 74.2 Å². The molecule has 1 aliphatic rings. The predicted octanol–water partition coefficient (Wildman–Crippen LogP) is 8.45. The molecule has 4 unspecified atom stereocenters. The number of aliphatic hydroxyl groups excluding tert-OH is 7. The van der Waals surface area contributed by atoms with Crippen LogP contribution in [0.1, 0.15) is 219 Å². The lowest BCUT2D eigenvalue weighted by molar-refractivity contribution is -0.303. The molecule has 0 radical (unpaired) electrons. The fraction of sp³-hybridized carbons (Fsp3) is 0.938. The monoisotopic (exact) mass is 844 g/mol. The van der Waals surface area contributed by atoms with Gasteiger partial charge in [0.25, 0.3) is 0 Å². The maximum Gasteiger partial charge on any atom is 0.249 e. The summed E-state index contributed by atoms with van der Waals surface area (Å²) >= 11 is 0. The van der Waals surface area contributed by atoms with Crippen molar-refractivity contribution in [3.63, 3.8) is 0 Å². The number of hydrogen-bond donors (Lipinski definition) is 8. The van der Waals surface area contributed by atoms with Crippen LogP contribution in [0, 0.1) is 0 Å². The van der Waals surface area contributed by atoms with Crippen molar-refractivity contribution in [3.8, 4) is 0 Å². The van der Waals surface area contributed by atoms with Crippen LogP contribution in [0.2, 0.25) is 0 Å². The van der Waals surface area contributed by atoms with Gasteiger partial charge in [0.2, 0.25) is 5.91 Å². The van der Waals surface area contributed by atoms with Crippen molar-refractivity contribution in [2.24, 2.45) is 0 Å². The second-order valence-corrected chi connectivity index (χ2v) is 17.5. The van der Waals surface area contributed by atoms with Crippen LogP contribution in [0.25, 0.3) is 0 Å². The van der Waals surface area contributed by atoms with Crippen LogP contribution >= 0.6 is 0 Å². The van der Waals surface area contributed by atoms with Gasteiger partial charge in [-0.25, -0.2) is 0 Å². The van der Waals surface area contributed by atoms with E-state index in [1.165, 1.54) is 148 Å². The normalized spacial score (nSPS) is 21.8. The molecule has 1 heterocycles. The van der Waals surface area contributed by atoms with E-state index >= 15 is 0 Å². The quantitative estimate of drug-likeness (QED) is 0.0219. The minimum Gasteiger partial charge on any atom is -0.394 e. The number of carbonyl (C=O) groups is 1. The van der Waals surface area contributed by atoms with Crippen LogP contribution in [-0.4, -0.2) is 110 Å². The first-order valence-electron chi connectivity index (χ1n) is 24.6. The molecule has 1 fully saturated rings. The van der Waals surface area contributed by atoms with Gasteiger partial charge in [-0.15, -0.1) is 0 Å². The molecule has 0 aromatic heterocycles. The minimum atomic E-state index is -1.66. The highest BCUT2D eigenvalue weighted by Gasteiger charge is 2.44. The van der Waals surface area contributed by atoms with Crippen molar-refractivity contribution < 1.29 is 50.0 Å². The van der Waals surface area contributed by atoms with Crippen LogP contribution in [-0.2, 0) is 14.3 Å². The Bertz CT molecular complexity index is 970. The predicted molar refractivity (Wildman–Crippen MR) is 238 cm³/mol. The second-order valence-electron chi connectivity index (χ2n) is 17.5. The third-order valence-electron chi connectivity index (χ3n) is 12.1. The average molecular weight is 844 g/mol. The largest absolute Gasteiger partial charge is 0.394 e. The van der Waals surface area contributed by atoms with E-state index in [9.17, 15) is 40.5 Å². The molecule has 0 aromatic carbocycles. The summed E-state index contributed by atoms with van der Waals surface area (Å²) in [5, 5.41) is 75.6. The lowest BCUT2D eigenvalue weighted by Crippen LogP contribution is -2.60. The zero-order chi connectivity index (χ0) is 43.4. The summed E-state index contributed by atoms with van der Waals surface area (Å²) in [6.07, 6.45) is 29.9. The molecule has 0 aromatic rings. The van der Waals surface area contributed by atoms with E-state index in [4.69, 9.17) is 9.47 Å². The van der Waals surface area contributed by atoms with Gasteiger partial charge in [-0.3, -0.25) is 4.79 Å². The van der Waals surface area contributed by atoms with Gasteiger partial charge in [0, 0.05) is 6.42 Å². The standard InChI is InChI=1S/C48H93NO10/c1-3-5-7-9-11-13-15-17-18-19-20-21-22-23-24-26-28-30-32-34-36-41(52)47(57)49-39(38-58-48-46(56)45(55)44(54)42(37-50)59-48)43(53)40(51)35-33-31-29-27-25-16-14-12-10-8-6-4-2/h32,34,39-46,48,50-56H,3-31,33,35-38H2,1-2H3,(H,49,57)/b34-32-/t39?,40?,41?,42-,43?,44-,45+,46-,48-/m1/s1. The third kappa shape index (κ3) is 28.2. The Hall–Kier alpha value is -1.15. The molecule has 1 aliphatic heterocycles. The highest BCUT2D eigenvalue weighted by atomic mass is 16.7. The van der Waals surface area contributed by atoms with Crippen molar-refractivity contribution in [1.82, 2.24) is 5.32 Å². The average Bonchev–Trinajstić information content (AvgIpc) is 3.23. The van der Waals surface area contributed by atoms with E-state index in [0.717, 1.165) is 38.5 Å². The molecule has 0 bridgehead atoms. The van der Waals surface area contributed by atoms with E-state index in [-0.39, 0.29) is 6.42 Å². The number of aliphatic hydroxyl groups is 7. The number of rotatable bonds is 41. The van der Waals surface area contributed by atoms with Gasteiger partial charge in [0.15, 0.2) is 6.29 Å². The summed E-state index contributed by atoms with van der Waals surface area (Å²) in [7, 11) is 0. The van der Waals surface area contributed by atoms with Crippen LogP contribution in [0.5, 0.6) is 0 Å². The molecule has 0 spiro atoms. The van der Waals surface area contributed by atoms with Crippen molar-refractivity contribution in [2.75, 3.05) is 13.2 Å². The molecule has 11 heteroatoms. The number of nitrogens with one attached hydrogen (secondary N) is 1. The fourth-order valence-electron chi connectivity index (χ4n) is 7.98. The Balaban J connectivity index is 2.41. The number of hydrogen-bond acceptors (Lipinski definition) is 10. The molecule has 0 aliphatic carbocycles. The topological polar surface area (TPSA) is 189 Å². The van der Waals surface area contributed by atoms with Crippen molar-refractivity contribution in [1.29, 1.82) is 0 Å². The number of unbranched alkanes of at least 4 members (excludes halogenated alkanes) is 28. The van der Waals surface area contributed by atoms with Crippen LogP contribution in [0.3, 0.4) is 0 Å². The highest BCUT2D eigenvalue weighted by molar-refractivity contribution is 5.81. The molecular formula is C48H93NO10. The summed E-state index contributed by atoms with van der Waals surface area (Å²) in [6.45, 7) is 3.42. The van der Waals surface area contributed by atoms with Crippen LogP contribution < -0.4 is 5.32 Å². The number of ether oxygens (including phenoxy) is 2. The molecule has 11 nitrogen and oxygen atoms in total. The molecule has 1 rings (SSSR count). The molecular weight excluding hydrogens is 751 g/mol. The molecule has 1 amide bonds. The summed E-state index contributed by atoms with van der Waals surface area (Å²) in [6, 6.07) is -1.18. The summed E-state index contributed by atoms with van der Waals surface area (Å²) in [5.74, 6) is -0.744. The molecule has 350 valence electrons. The van der Waals surface area contributed by atoms with Gasteiger partial charge >= 0.3 is 0 Å². The van der Waals surface area contributed by atoms with Gasteiger partial charge in [-0.05, 0) is 19.3 Å². The lowest BCUT2D eigenvalue weighted by atomic mass is 9.98. The fourth-order valence-corrected chi connectivity index (χ4v) is 7.98. The minimum absolute atomic E-state index is 0.0859. The van der Waals surface area contributed by atoms with E-state index in [1.807, 2.05) is 6.08 Å². The lowest BCUT2D eigenvalue weighted by Gasteiger charge is -2.40. The number of amides is 1. The van der Waals surface area contributed by atoms with Crippen LogP contribution in [0.15, 0.2) is 12.2 Å². The molecule has 8 N–H and O–H groups in total. The number of allylic oxidation sites excluding steroid dienone is 1. The third-order valence-corrected chi connectivity index (χ3v) is 12.1.